The molecule has 0 aromatic heterocycles. The van der Waals surface area contributed by atoms with Gasteiger partial charge in [0.1, 0.15) is 12.2 Å². The van der Waals surface area contributed by atoms with Crippen molar-refractivity contribution in [1.82, 2.24) is 0 Å². The summed E-state index contributed by atoms with van der Waals surface area (Å²) in [6.07, 6.45) is -2.59. The minimum Gasteiger partial charge on any atom is -0.394 e. The van der Waals surface area contributed by atoms with Crippen LogP contribution in [0.4, 0.5) is 0 Å². The molecular formula is C7H14O5. The van der Waals surface area contributed by atoms with Crippen LogP contribution in [0.5, 0.6) is 0 Å². The molecule has 1 fully saturated rings. The van der Waals surface area contributed by atoms with Gasteiger partial charge in [-0.2, -0.15) is 0 Å². The molecule has 0 aromatic carbocycles. The van der Waals surface area contributed by atoms with Crippen LogP contribution >= 0.6 is 0 Å². The van der Waals surface area contributed by atoms with Crippen molar-refractivity contribution >= 4 is 0 Å². The van der Waals surface area contributed by atoms with Crippen LogP contribution in [-0.2, 0) is 9.47 Å². The maximum Gasteiger partial charge on any atom is 0.183 e. The molecule has 0 amide bonds. The number of aliphatic hydroxyl groups is 3. The summed E-state index contributed by atoms with van der Waals surface area (Å²) in [5.41, 5.74) is 0. The van der Waals surface area contributed by atoms with Gasteiger partial charge in [-0.25, -0.2) is 0 Å². The maximum absolute atomic E-state index is 9.26. The van der Waals surface area contributed by atoms with Crippen LogP contribution in [0, 0.1) is 0 Å². The number of hydrogen-bond acceptors (Lipinski definition) is 5. The zero-order valence-electron chi connectivity index (χ0n) is 6.88. The van der Waals surface area contributed by atoms with Gasteiger partial charge in [-0.3, -0.25) is 0 Å². The van der Waals surface area contributed by atoms with Crippen molar-refractivity contribution in [2.75, 3.05) is 13.7 Å². The summed E-state index contributed by atoms with van der Waals surface area (Å²) in [7, 11) is 1.42. The average Bonchev–Trinajstić information content (AvgIpc) is 2.45. The highest BCUT2D eigenvalue weighted by atomic mass is 16.7. The average molecular weight is 178 g/mol. The molecule has 1 rings (SSSR count). The second kappa shape index (κ2) is 4.15. The quantitative estimate of drug-likeness (QED) is 0.488. The van der Waals surface area contributed by atoms with Gasteiger partial charge >= 0.3 is 0 Å². The van der Waals surface area contributed by atoms with Gasteiger partial charge in [0, 0.05) is 13.5 Å². The monoisotopic (exact) mass is 178 g/mol. The highest BCUT2D eigenvalue weighted by Crippen LogP contribution is 2.22. The summed E-state index contributed by atoms with van der Waals surface area (Å²) in [6, 6.07) is 0. The van der Waals surface area contributed by atoms with E-state index in [0.29, 0.717) is 6.42 Å². The first-order chi connectivity index (χ1) is 5.69. The van der Waals surface area contributed by atoms with Gasteiger partial charge in [-0.05, 0) is 0 Å². The van der Waals surface area contributed by atoms with Crippen LogP contribution in [0.3, 0.4) is 0 Å². The molecule has 5 nitrogen and oxygen atoms in total. The normalized spacial score (nSPS) is 38.5. The highest BCUT2D eigenvalue weighted by molar-refractivity contribution is 4.81. The lowest BCUT2D eigenvalue weighted by Crippen LogP contribution is -2.29. The number of aliphatic hydroxyl groups excluding tert-OH is 3. The van der Waals surface area contributed by atoms with Gasteiger partial charge in [0.05, 0.1) is 12.7 Å². The lowest BCUT2D eigenvalue weighted by molar-refractivity contribution is -0.166. The molecule has 1 aliphatic rings. The molecule has 3 N–H and O–H groups in total. The van der Waals surface area contributed by atoms with Crippen LogP contribution in [-0.4, -0.2) is 53.6 Å². The Balaban J connectivity index is 2.42. The van der Waals surface area contributed by atoms with Crippen LogP contribution < -0.4 is 0 Å². The summed E-state index contributed by atoms with van der Waals surface area (Å²) in [4.78, 5) is 0. The fourth-order valence-corrected chi connectivity index (χ4v) is 1.25. The van der Waals surface area contributed by atoms with E-state index in [-0.39, 0.29) is 6.61 Å². The Morgan fingerprint density at radius 2 is 2.33 bits per heavy atom. The van der Waals surface area contributed by atoms with Crippen molar-refractivity contribution in [3.63, 3.8) is 0 Å². The Hall–Kier alpha value is -0.200. The predicted octanol–water partition coefficient (Wildman–Crippen LogP) is -1.54. The smallest absolute Gasteiger partial charge is 0.183 e. The Morgan fingerprint density at radius 1 is 1.67 bits per heavy atom. The zero-order chi connectivity index (χ0) is 9.14. The Morgan fingerprint density at radius 3 is 2.75 bits per heavy atom. The number of rotatable bonds is 3. The van der Waals surface area contributed by atoms with Crippen LogP contribution in [0.1, 0.15) is 6.42 Å². The summed E-state index contributed by atoms with van der Waals surface area (Å²) >= 11 is 0. The molecule has 0 saturated carbocycles. The van der Waals surface area contributed by atoms with Gasteiger partial charge < -0.3 is 24.8 Å². The molecule has 72 valence electrons. The Labute approximate surface area is 70.5 Å². The topological polar surface area (TPSA) is 79.2 Å². The number of ether oxygens (including phenoxy) is 2. The fourth-order valence-electron chi connectivity index (χ4n) is 1.25. The van der Waals surface area contributed by atoms with E-state index in [9.17, 15) is 5.11 Å². The first-order valence-corrected chi connectivity index (χ1v) is 3.84. The summed E-state index contributed by atoms with van der Waals surface area (Å²) in [6.45, 7) is -0.367. The van der Waals surface area contributed by atoms with E-state index < -0.39 is 24.6 Å². The zero-order valence-corrected chi connectivity index (χ0v) is 6.88. The third-order valence-corrected chi connectivity index (χ3v) is 1.95. The molecule has 12 heavy (non-hydrogen) atoms. The largest absolute Gasteiger partial charge is 0.394 e. The van der Waals surface area contributed by atoms with E-state index in [0.717, 1.165) is 0 Å². The molecule has 4 unspecified atom stereocenters. The lowest BCUT2D eigenvalue weighted by atomic mass is 10.1. The molecule has 0 aliphatic carbocycles. The van der Waals surface area contributed by atoms with Crippen LogP contribution in [0.15, 0.2) is 0 Å². The van der Waals surface area contributed by atoms with Gasteiger partial charge in [-0.1, -0.05) is 0 Å². The van der Waals surface area contributed by atoms with E-state index in [1.54, 1.807) is 0 Å². The van der Waals surface area contributed by atoms with Crippen molar-refractivity contribution < 1.29 is 24.8 Å². The second-order valence-corrected chi connectivity index (χ2v) is 2.83. The van der Waals surface area contributed by atoms with Crippen LogP contribution in [0.25, 0.3) is 0 Å². The van der Waals surface area contributed by atoms with Gasteiger partial charge in [-0.15, -0.1) is 0 Å². The maximum atomic E-state index is 9.26. The van der Waals surface area contributed by atoms with E-state index >= 15 is 0 Å². The molecule has 1 aliphatic heterocycles. The summed E-state index contributed by atoms with van der Waals surface area (Å²) < 4.78 is 9.88. The van der Waals surface area contributed by atoms with Gasteiger partial charge in [0.2, 0.25) is 0 Å². The molecule has 0 aromatic rings. The Kier molecular flexibility index (Phi) is 3.42. The van der Waals surface area contributed by atoms with E-state index in [2.05, 4.69) is 0 Å². The van der Waals surface area contributed by atoms with Gasteiger partial charge in [0.15, 0.2) is 6.29 Å². The number of methoxy groups -OCH3 is 1. The third kappa shape index (κ3) is 1.94. The summed E-state index contributed by atoms with van der Waals surface area (Å²) in [5.74, 6) is 0. The van der Waals surface area contributed by atoms with Crippen molar-refractivity contribution in [1.29, 1.82) is 0 Å². The van der Waals surface area contributed by atoms with Crippen LogP contribution in [0.2, 0.25) is 0 Å². The van der Waals surface area contributed by atoms with Gasteiger partial charge in [0.25, 0.3) is 0 Å². The van der Waals surface area contributed by atoms with Crippen molar-refractivity contribution in [3.05, 3.63) is 0 Å². The lowest BCUT2D eigenvalue weighted by Gasteiger charge is -2.15. The van der Waals surface area contributed by atoms with E-state index in [1.807, 2.05) is 0 Å². The molecule has 1 saturated heterocycles. The molecule has 4 atom stereocenters. The molecule has 0 bridgehead atoms. The Bertz CT molecular complexity index is 140. The molecule has 0 spiro atoms. The third-order valence-electron chi connectivity index (χ3n) is 1.95. The first kappa shape index (κ1) is 9.88. The SMILES string of the molecule is COC1OC(C(O)CO)CC1O. The highest BCUT2D eigenvalue weighted by Gasteiger charge is 2.37. The van der Waals surface area contributed by atoms with E-state index in [1.165, 1.54) is 7.11 Å². The van der Waals surface area contributed by atoms with E-state index in [4.69, 9.17) is 19.7 Å². The second-order valence-electron chi connectivity index (χ2n) is 2.83. The molecule has 5 heteroatoms. The van der Waals surface area contributed by atoms with Crippen molar-refractivity contribution in [2.45, 2.75) is 31.0 Å². The molecule has 1 heterocycles. The standard InChI is InChI=1S/C7H14O5/c1-11-7-4(9)2-6(12-7)5(10)3-8/h4-10H,2-3H2,1H3. The molecular weight excluding hydrogens is 164 g/mol. The van der Waals surface area contributed by atoms with Crippen molar-refractivity contribution in [3.8, 4) is 0 Å². The first-order valence-electron chi connectivity index (χ1n) is 3.84. The number of hydrogen-bond donors (Lipinski definition) is 3. The predicted molar refractivity (Wildman–Crippen MR) is 39.4 cm³/mol. The minimum absolute atomic E-state index is 0.292. The minimum atomic E-state index is -0.945. The fraction of sp³-hybridized carbons (Fsp3) is 1.00. The molecule has 0 radical (unpaired) electrons. The van der Waals surface area contributed by atoms with Crippen molar-refractivity contribution in [2.24, 2.45) is 0 Å². The summed E-state index contributed by atoms with van der Waals surface area (Å²) in [5, 5.41) is 27.0.